The van der Waals surface area contributed by atoms with Gasteiger partial charge in [-0.05, 0) is 19.8 Å². The predicted molar refractivity (Wildman–Crippen MR) is 102 cm³/mol. The molecule has 1 fully saturated rings. The minimum Gasteiger partial charge on any atom is -0.342 e. The molecule has 0 saturated carbocycles. The van der Waals surface area contributed by atoms with E-state index in [4.69, 9.17) is 0 Å². The number of nitrogens with zero attached hydrogens (tertiary/aromatic N) is 5. The van der Waals surface area contributed by atoms with Crippen LogP contribution in [-0.4, -0.2) is 48.9 Å². The van der Waals surface area contributed by atoms with Gasteiger partial charge in [-0.15, -0.1) is 0 Å². The monoisotopic (exact) mass is 364 g/mol. The topological polar surface area (TPSA) is 79.7 Å². The van der Waals surface area contributed by atoms with Crippen molar-refractivity contribution in [2.24, 2.45) is 7.05 Å². The zero-order chi connectivity index (χ0) is 18.8. The predicted octanol–water partition coefficient (Wildman–Crippen LogP) is 2.71. The molecule has 3 heterocycles. The van der Waals surface area contributed by atoms with E-state index in [9.17, 15) is 4.79 Å². The lowest BCUT2D eigenvalue weighted by molar-refractivity contribution is -0.133. The van der Waals surface area contributed by atoms with Crippen LogP contribution in [-0.2, 0) is 11.8 Å². The summed E-state index contributed by atoms with van der Waals surface area (Å²) in [4.78, 5) is 19.4. The fourth-order valence-electron chi connectivity index (χ4n) is 3.63. The third-order valence-electron chi connectivity index (χ3n) is 5.32. The van der Waals surface area contributed by atoms with Crippen molar-refractivity contribution >= 4 is 5.91 Å². The normalized spacial score (nSPS) is 16.4. The molecule has 0 bridgehead atoms. The second-order valence-electron chi connectivity index (χ2n) is 7.18. The Morgan fingerprint density at radius 3 is 2.63 bits per heavy atom. The van der Waals surface area contributed by atoms with Gasteiger partial charge in [-0.3, -0.25) is 14.6 Å². The highest BCUT2D eigenvalue weighted by molar-refractivity contribution is 5.83. The third-order valence-corrected chi connectivity index (χ3v) is 5.32. The molecule has 140 valence electrons. The van der Waals surface area contributed by atoms with Gasteiger partial charge < -0.3 is 4.90 Å². The Kier molecular flexibility index (Phi) is 4.75. The zero-order valence-corrected chi connectivity index (χ0v) is 15.7. The Labute approximate surface area is 158 Å². The zero-order valence-electron chi connectivity index (χ0n) is 15.7. The van der Waals surface area contributed by atoms with E-state index in [1.165, 1.54) is 0 Å². The average Bonchev–Trinajstić information content (AvgIpc) is 3.37. The Morgan fingerprint density at radius 1 is 1.22 bits per heavy atom. The first kappa shape index (κ1) is 17.5. The van der Waals surface area contributed by atoms with Gasteiger partial charge in [-0.25, -0.2) is 4.98 Å². The van der Waals surface area contributed by atoms with Gasteiger partial charge in [-0.1, -0.05) is 30.3 Å². The van der Waals surface area contributed by atoms with Crippen LogP contribution in [0.5, 0.6) is 0 Å². The van der Waals surface area contributed by atoms with Crippen LogP contribution >= 0.6 is 0 Å². The summed E-state index contributed by atoms with van der Waals surface area (Å²) >= 11 is 0. The first-order valence-corrected chi connectivity index (χ1v) is 9.37. The lowest BCUT2D eigenvalue weighted by atomic mass is 9.94. The van der Waals surface area contributed by atoms with Crippen LogP contribution in [0.25, 0.3) is 11.4 Å². The van der Waals surface area contributed by atoms with Crippen molar-refractivity contribution in [2.75, 3.05) is 13.1 Å². The summed E-state index contributed by atoms with van der Waals surface area (Å²) in [5.41, 5.74) is 1.98. The molecule has 2 aromatic heterocycles. The van der Waals surface area contributed by atoms with E-state index in [1.54, 1.807) is 10.9 Å². The molecule has 0 spiro atoms. The summed E-state index contributed by atoms with van der Waals surface area (Å²) in [5, 5.41) is 11.6. The maximum absolute atomic E-state index is 12.8. The number of aromatic amines is 1. The van der Waals surface area contributed by atoms with Crippen LogP contribution in [0, 0.1) is 0 Å². The smallest absolute Gasteiger partial charge is 0.229 e. The van der Waals surface area contributed by atoms with Crippen LogP contribution < -0.4 is 0 Å². The molecule has 0 radical (unpaired) electrons. The summed E-state index contributed by atoms with van der Waals surface area (Å²) in [7, 11) is 1.87. The minimum absolute atomic E-state index is 0.162. The van der Waals surface area contributed by atoms with E-state index in [0.29, 0.717) is 5.92 Å². The number of aryl methyl sites for hydroxylation is 1. The molecule has 27 heavy (non-hydrogen) atoms. The van der Waals surface area contributed by atoms with Gasteiger partial charge in [0.1, 0.15) is 5.82 Å². The van der Waals surface area contributed by atoms with Crippen molar-refractivity contribution in [3.8, 4) is 11.4 Å². The van der Waals surface area contributed by atoms with Crippen molar-refractivity contribution < 1.29 is 4.79 Å². The number of H-pyrrole nitrogens is 1. The molecule has 1 saturated heterocycles. The highest BCUT2D eigenvalue weighted by Gasteiger charge is 2.29. The Balaban J connectivity index is 1.38. The number of hydrogen-bond acceptors (Lipinski definition) is 4. The Bertz CT molecular complexity index is 907. The van der Waals surface area contributed by atoms with Crippen molar-refractivity contribution in [1.29, 1.82) is 0 Å². The number of likely N-dealkylation sites (tertiary alicyclic amines) is 1. The largest absolute Gasteiger partial charge is 0.342 e. The van der Waals surface area contributed by atoms with E-state index >= 15 is 0 Å². The van der Waals surface area contributed by atoms with Gasteiger partial charge in [0.05, 0.1) is 12.1 Å². The fraction of sp³-hybridized carbons (Fsp3) is 0.400. The molecule has 1 aliphatic rings. The first-order chi connectivity index (χ1) is 13.1. The average molecular weight is 364 g/mol. The van der Waals surface area contributed by atoms with Crippen LogP contribution in [0.15, 0.2) is 42.7 Å². The van der Waals surface area contributed by atoms with Crippen LogP contribution in [0.4, 0.5) is 0 Å². The molecule has 0 aliphatic carbocycles. The standard InChI is InChI=1S/C20H24N6O/c1-14(17-12-21-25(2)13-17)20(27)26-10-8-16(9-11-26)19-22-18(23-24-19)15-6-4-3-5-7-15/h3-7,12-14,16H,8-11H2,1-2H3,(H,22,23,24). The molecule has 4 rings (SSSR count). The maximum atomic E-state index is 12.8. The molecule has 1 unspecified atom stereocenters. The summed E-state index contributed by atoms with van der Waals surface area (Å²) in [6.07, 6.45) is 5.48. The number of hydrogen-bond donors (Lipinski definition) is 1. The fourth-order valence-corrected chi connectivity index (χ4v) is 3.63. The second-order valence-corrected chi connectivity index (χ2v) is 7.18. The lowest BCUT2D eigenvalue weighted by Crippen LogP contribution is -2.40. The quantitative estimate of drug-likeness (QED) is 0.772. The van der Waals surface area contributed by atoms with Crippen LogP contribution in [0.3, 0.4) is 0 Å². The highest BCUT2D eigenvalue weighted by atomic mass is 16.2. The van der Waals surface area contributed by atoms with Gasteiger partial charge in [0.15, 0.2) is 5.82 Å². The second kappa shape index (κ2) is 7.34. The van der Waals surface area contributed by atoms with Gasteiger partial charge in [-0.2, -0.15) is 10.2 Å². The van der Waals surface area contributed by atoms with Gasteiger partial charge >= 0.3 is 0 Å². The van der Waals surface area contributed by atoms with E-state index in [-0.39, 0.29) is 11.8 Å². The summed E-state index contributed by atoms with van der Waals surface area (Å²) < 4.78 is 1.74. The molecule has 1 aliphatic heterocycles. The number of carbonyl (C=O) groups is 1. The van der Waals surface area contributed by atoms with Crippen molar-refractivity contribution in [2.45, 2.75) is 31.6 Å². The molecule has 1 atom stereocenters. The molecular weight excluding hydrogens is 340 g/mol. The number of rotatable bonds is 4. The number of benzene rings is 1. The Morgan fingerprint density at radius 2 is 1.96 bits per heavy atom. The number of aromatic nitrogens is 5. The van der Waals surface area contributed by atoms with E-state index in [0.717, 1.165) is 48.7 Å². The lowest BCUT2D eigenvalue weighted by Gasteiger charge is -2.32. The molecule has 7 heteroatoms. The van der Waals surface area contributed by atoms with E-state index in [1.807, 2.05) is 55.4 Å². The van der Waals surface area contributed by atoms with Crippen LogP contribution in [0.2, 0.25) is 0 Å². The Hall–Kier alpha value is -2.96. The van der Waals surface area contributed by atoms with Gasteiger partial charge in [0, 0.05) is 43.4 Å². The molecule has 1 amide bonds. The SMILES string of the molecule is CC(C(=O)N1CCC(c2nc(-c3ccccc3)n[nH]2)CC1)c1cnn(C)c1. The van der Waals surface area contributed by atoms with E-state index < -0.39 is 0 Å². The van der Waals surface area contributed by atoms with Crippen molar-refractivity contribution in [3.63, 3.8) is 0 Å². The van der Waals surface area contributed by atoms with Crippen LogP contribution in [0.1, 0.15) is 43.0 Å². The van der Waals surface area contributed by atoms with Gasteiger partial charge in [0.2, 0.25) is 5.91 Å². The third kappa shape index (κ3) is 3.63. The number of amides is 1. The number of piperidine rings is 1. The number of carbonyl (C=O) groups excluding carboxylic acids is 1. The number of nitrogens with one attached hydrogen (secondary N) is 1. The van der Waals surface area contributed by atoms with Crippen molar-refractivity contribution in [1.82, 2.24) is 29.9 Å². The molecule has 1 N–H and O–H groups in total. The summed E-state index contributed by atoms with van der Waals surface area (Å²) in [6.45, 7) is 3.44. The molecular formula is C20H24N6O. The summed E-state index contributed by atoms with van der Waals surface area (Å²) in [6, 6.07) is 9.97. The molecule has 3 aromatic rings. The van der Waals surface area contributed by atoms with Gasteiger partial charge in [0.25, 0.3) is 0 Å². The van der Waals surface area contributed by atoms with E-state index in [2.05, 4.69) is 20.3 Å². The minimum atomic E-state index is -0.162. The van der Waals surface area contributed by atoms with Crippen molar-refractivity contribution in [3.05, 3.63) is 54.1 Å². The first-order valence-electron chi connectivity index (χ1n) is 9.37. The highest BCUT2D eigenvalue weighted by Crippen LogP contribution is 2.29. The maximum Gasteiger partial charge on any atom is 0.229 e. The molecule has 7 nitrogen and oxygen atoms in total. The summed E-state index contributed by atoms with van der Waals surface area (Å²) in [5.74, 6) is 1.97. The molecule has 1 aromatic carbocycles.